The minimum absolute atomic E-state index is 0.0712. The van der Waals surface area contributed by atoms with Crippen LogP contribution in [0.2, 0.25) is 5.02 Å². The minimum Gasteiger partial charge on any atom is -0.493 e. The van der Waals surface area contributed by atoms with Crippen molar-refractivity contribution in [3.8, 4) is 5.75 Å². The zero-order chi connectivity index (χ0) is 22.1. The van der Waals surface area contributed by atoms with E-state index in [1.807, 2.05) is 24.3 Å². The molecule has 0 unspecified atom stereocenters. The topological polar surface area (TPSA) is 70.7 Å². The number of carbonyl (C=O) groups is 2. The van der Waals surface area contributed by atoms with Gasteiger partial charge in [-0.2, -0.15) is 0 Å². The van der Waals surface area contributed by atoms with Gasteiger partial charge in [0.15, 0.2) is 0 Å². The fourth-order valence-corrected chi connectivity index (χ4v) is 4.24. The Morgan fingerprint density at radius 1 is 1.29 bits per heavy atom. The number of para-hydroxylation sites is 1. The molecule has 0 radical (unpaired) electrons. The van der Waals surface area contributed by atoms with E-state index in [1.54, 1.807) is 6.92 Å². The molecule has 31 heavy (non-hydrogen) atoms. The molecule has 1 saturated heterocycles. The molecule has 6 nitrogen and oxygen atoms in total. The van der Waals surface area contributed by atoms with Crippen LogP contribution in [0.15, 0.2) is 36.4 Å². The molecule has 0 bridgehead atoms. The van der Waals surface area contributed by atoms with Crippen molar-refractivity contribution in [1.82, 2.24) is 15.5 Å². The van der Waals surface area contributed by atoms with Crippen LogP contribution < -0.4 is 15.4 Å². The normalized spacial score (nSPS) is 21.5. The Hall–Kier alpha value is -2.87. The van der Waals surface area contributed by atoms with E-state index in [-0.39, 0.29) is 24.0 Å². The van der Waals surface area contributed by atoms with Crippen LogP contribution in [0.1, 0.15) is 24.1 Å². The molecular weight excluding hydrogens is 428 g/mol. The first kappa shape index (κ1) is 21.4. The summed E-state index contributed by atoms with van der Waals surface area (Å²) in [6, 6.07) is 7.85. The number of halogens is 3. The molecule has 0 spiro atoms. The smallest absolute Gasteiger partial charge is 0.318 e. The summed E-state index contributed by atoms with van der Waals surface area (Å²) >= 11 is 5.82. The number of fused-ring (bicyclic) bond motifs is 1. The summed E-state index contributed by atoms with van der Waals surface area (Å²) < 4.78 is 34.6. The predicted molar refractivity (Wildman–Crippen MR) is 111 cm³/mol. The van der Waals surface area contributed by atoms with Gasteiger partial charge in [0, 0.05) is 24.6 Å². The van der Waals surface area contributed by atoms with Gasteiger partial charge in [-0.15, -0.1) is 0 Å². The molecule has 0 saturated carbocycles. The number of urea groups is 1. The predicted octanol–water partition coefficient (Wildman–Crippen LogP) is 3.44. The lowest BCUT2D eigenvalue weighted by Crippen LogP contribution is -2.59. The maximum Gasteiger partial charge on any atom is 0.318 e. The third kappa shape index (κ3) is 4.17. The number of rotatable bonds is 3. The van der Waals surface area contributed by atoms with Crippen LogP contribution in [-0.4, -0.2) is 42.6 Å². The van der Waals surface area contributed by atoms with Crippen LogP contribution >= 0.6 is 11.6 Å². The highest BCUT2D eigenvalue weighted by Crippen LogP contribution is 2.36. The maximum atomic E-state index is 15.0. The van der Waals surface area contributed by atoms with Gasteiger partial charge >= 0.3 is 6.03 Å². The Bertz CT molecular complexity index is 1020. The number of benzene rings is 2. The number of nitrogens with zero attached hydrogens (tertiary/aromatic N) is 1. The molecule has 164 valence electrons. The third-order valence-corrected chi connectivity index (χ3v) is 6.16. The molecule has 2 aromatic carbocycles. The number of amides is 3. The summed E-state index contributed by atoms with van der Waals surface area (Å²) in [5.74, 6) is -1.65. The van der Waals surface area contributed by atoms with Gasteiger partial charge in [0.2, 0.25) is 5.91 Å². The molecule has 2 aromatic rings. The van der Waals surface area contributed by atoms with Crippen LogP contribution in [0.25, 0.3) is 0 Å². The Balaban J connectivity index is 1.66. The Morgan fingerprint density at radius 2 is 2.06 bits per heavy atom. The maximum absolute atomic E-state index is 15.0. The molecule has 2 aliphatic rings. The van der Waals surface area contributed by atoms with Crippen molar-refractivity contribution in [2.75, 3.05) is 19.7 Å². The highest BCUT2D eigenvalue weighted by molar-refractivity contribution is 6.31. The van der Waals surface area contributed by atoms with Crippen molar-refractivity contribution in [1.29, 1.82) is 0 Å². The van der Waals surface area contributed by atoms with E-state index in [9.17, 15) is 18.4 Å². The van der Waals surface area contributed by atoms with Crippen LogP contribution in [0.5, 0.6) is 5.75 Å². The van der Waals surface area contributed by atoms with Gasteiger partial charge in [0.1, 0.15) is 28.4 Å². The van der Waals surface area contributed by atoms with Crippen molar-refractivity contribution >= 4 is 23.5 Å². The van der Waals surface area contributed by atoms with Gasteiger partial charge in [0.25, 0.3) is 0 Å². The van der Waals surface area contributed by atoms with Crippen LogP contribution in [-0.2, 0) is 11.2 Å². The SMILES string of the molecule is C[C@@H]1C(=O)NCCN1C(=O)N[C@H](c1ccc(F)c(Cl)c1F)[C@H]1COc2ccccc2C1. The van der Waals surface area contributed by atoms with Gasteiger partial charge in [0.05, 0.1) is 12.6 Å². The first-order valence-corrected chi connectivity index (χ1v) is 10.4. The third-order valence-electron chi connectivity index (χ3n) is 5.82. The van der Waals surface area contributed by atoms with Crippen LogP contribution in [0, 0.1) is 17.6 Å². The molecule has 9 heteroatoms. The van der Waals surface area contributed by atoms with E-state index in [0.717, 1.165) is 17.4 Å². The standard InChI is InChI=1S/C22H22ClF2N3O3/c1-12-21(29)26-8-9-28(12)22(30)27-20(15-6-7-16(24)18(23)19(15)25)14-10-13-4-2-3-5-17(13)31-11-14/h2-7,12,14,20H,8-11H2,1H3,(H,26,29)(H,27,30)/t12-,14-,20+/m1/s1. The monoisotopic (exact) mass is 449 g/mol. The second kappa shape index (κ2) is 8.70. The zero-order valence-corrected chi connectivity index (χ0v) is 17.6. The van der Waals surface area contributed by atoms with Crippen molar-refractivity contribution in [3.63, 3.8) is 0 Å². The Morgan fingerprint density at radius 3 is 2.87 bits per heavy atom. The van der Waals surface area contributed by atoms with Crippen molar-refractivity contribution < 1.29 is 23.1 Å². The van der Waals surface area contributed by atoms with Crippen LogP contribution in [0.4, 0.5) is 13.6 Å². The summed E-state index contributed by atoms with van der Waals surface area (Å²) in [7, 11) is 0. The Kier molecular flexibility index (Phi) is 6.00. The fourth-order valence-electron chi connectivity index (χ4n) is 4.07. The fraction of sp³-hybridized carbons (Fsp3) is 0.364. The second-order valence-corrected chi connectivity index (χ2v) is 8.11. The highest BCUT2D eigenvalue weighted by Gasteiger charge is 2.36. The average molecular weight is 450 g/mol. The van der Waals surface area contributed by atoms with Gasteiger partial charge in [-0.3, -0.25) is 4.79 Å². The highest BCUT2D eigenvalue weighted by atomic mass is 35.5. The lowest BCUT2D eigenvalue weighted by molar-refractivity contribution is -0.126. The van der Waals surface area contributed by atoms with Gasteiger partial charge < -0.3 is 20.3 Å². The quantitative estimate of drug-likeness (QED) is 0.705. The largest absolute Gasteiger partial charge is 0.493 e. The van der Waals surface area contributed by atoms with E-state index in [1.165, 1.54) is 11.0 Å². The van der Waals surface area contributed by atoms with Crippen molar-refractivity contribution in [2.45, 2.75) is 25.4 Å². The first-order valence-electron chi connectivity index (χ1n) is 10.1. The molecular formula is C22H22ClF2N3O3. The number of nitrogens with one attached hydrogen (secondary N) is 2. The van der Waals surface area contributed by atoms with Gasteiger partial charge in [-0.05, 0) is 31.0 Å². The molecule has 2 aliphatic heterocycles. The van der Waals surface area contributed by atoms with E-state index >= 15 is 0 Å². The van der Waals surface area contributed by atoms with Crippen molar-refractivity contribution in [3.05, 3.63) is 64.2 Å². The van der Waals surface area contributed by atoms with Crippen LogP contribution in [0.3, 0.4) is 0 Å². The summed E-state index contributed by atoms with van der Waals surface area (Å²) in [4.78, 5) is 26.4. The molecule has 4 rings (SSSR count). The number of ether oxygens (including phenoxy) is 1. The average Bonchev–Trinajstić information content (AvgIpc) is 2.78. The lowest BCUT2D eigenvalue weighted by atomic mass is 9.86. The lowest BCUT2D eigenvalue weighted by Gasteiger charge is -2.37. The van der Waals surface area contributed by atoms with Gasteiger partial charge in [-0.25, -0.2) is 13.6 Å². The minimum atomic E-state index is -0.921. The molecule has 3 atom stereocenters. The number of carbonyl (C=O) groups excluding carboxylic acids is 2. The van der Waals surface area contributed by atoms with E-state index in [4.69, 9.17) is 16.3 Å². The number of piperazine rings is 1. The van der Waals surface area contributed by atoms with E-state index < -0.39 is 34.8 Å². The Labute approximate surface area is 183 Å². The molecule has 0 aromatic heterocycles. The van der Waals surface area contributed by atoms with Crippen molar-refractivity contribution in [2.24, 2.45) is 5.92 Å². The molecule has 0 aliphatic carbocycles. The number of hydrogen-bond acceptors (Lipinski definition) is 3. The summed E-state index contributed by atoms with van der Waals surface area (Å²) in [5.41, 5.74) is 0.999. The molecule has 3 amide bonds. The second-order valence-electron chi connectivity index (χ2n) is 7.74. The molecule has 2 N–H and O–H groups in total. The zero-order valence-electron chi connectivity index (χ0n) is 16.8. The van der Waals surface area contributed by atoms with Gasteiger partial charge in [-0.1, -0.05) is 35.9 Å². The van der Waals surface area contributed by atoms with E-state index in [0.29, 0.717) is 19.5 Å². The summed E-state index contributed by atoms with van der Waals surface area (Å²) in [5, 5.41) is 4.92. The number of hydrogen-bond donors (Lipinski definition) is 2. The molecule has 1 fully saturated rings. The summed E-state index contributed by atoms with van der Waals surface area (Å²) in [6.07, 6.45) is 0.519. The molecule has 2 heterocycles. The first-order chi connectivity index (χ1) is 14.9. The van der Waals surface area contributed by atoms with E-state index in [2.05, 4.69) is 10.6 Å². The summed E-state index contributed by atoms with van der Waals surface area (Å²) in [6.45, 7) is 2.50.